The number of hydrogen-bond donors (Lipinski definition) is 0. The summed E-state index contributed by atoms with van der Waals surface area (Å²) < 4.78 is 0.762. The molecule has 17 heavy (non-hydrogen) atoms. The lowest BCUT2D eigenvalue weighted by Crippen LogP contribution is -2.16. The van der Waals surface area contributed by atoms with E-state index in [-0.39, 0.29) is 5.41 Å². The zero-order valence-electron chi connectivity index (χ0n) is 9.98. The molecule has 0 N–H and O–H groups in total. The van der Waals surface area contributed by atoms with Gasteiger partial charge >= 0.3 is 0 Å². The van der Waals surface area contributed by atoms with Crippen molar-refractivity contribution in [3.63, 3.8) is 0 Å². The second kappa shape index (κ2) is 4.49. The molecule has 2 aromatic rings. The van der Waals surface area contributed by atoms with Crippen LogP contribution in [0.3, 0.4) is 0 Å². The van der Waals surface area contributed by atoms with Gasteiger partial charge in [-0.15, -0.1) is 0 Å². The zero-order valence-corrected chi connectivity index (χ0v) is 11.6. The third kappa shape index (κ3) is 2.85. The molecule has 0 aliphatic heterocycles. The van der Waals surface area contributed by atoms with E-state index < -0.39 is 0 Å². The van der Waals surface area contributed by atoms with E-state index in [0.29, 0.717) is 0 Å². The number of aromatic nitrogens is 4. The summed E-state index contributed by atoms with van der Waals surface area (Å²) in [6, 6.07) is 1.85. The van der Waals surface area contributed by atoms with Crippen LogP contribution >= 0.6 is 15.9 Å². The predicted molar refractivity (Wildman–Crippen MR) is 69.5 cm³/mol. The summed E-state index contributed by atoms with van der Waals surface area (Å²) in [5.74, 6) is 0.785. The van der Waals surface area contributed by atoms with Crippen molar-refractivity contribution in [1.29, 1.82) is 0 Å². The Morgan fingerprint density at radius 2 is 1.82 bits per heavy atom. The summed E-state index contributed by atoms with van der Waals surface area (Å²) in [4.78, 5) is 17.2. The molecule has 0 saturated heterocycles. The second-order valence-electron chi connectivity index (χ2n) is 4.74. The minimum Gasteiger partial charge on any atom is -0.261 e. The van der Waals surface area contributed by atoms with Crippen LogP contribution in [0.25, 0.3) is 11.4 Å². The molecule has 2 aromatic heterocycles. The SMILES string of the molecule is CC(C)(C)c1nc(Br)cc(-c2cnccn2)n1. The summed E-state index contributed by atoms with van der Waals surface area (Å²) in [5.41, 5.74) is 1.44. The molecule has 2 heterocycles. The van der Waals surface area contributed by atoms with Crippen molar-refractivity contribution in [2.24, 2.45) is 0 Å². The first-order valence-electron chi connectivity index (χ1n) is 5.28. The Hall–Kier alpha value is -1.36. The molecular weight excluding hydrogens is 280 g/mol. The van der Waals surface area contributed by atoms with Crippen molar-refractivity contribution in [2.45, 2.75) is 26.2 Å². The summed E-state index contributed by atoms with van der Waals surface area (Å²) in [6.07, 6.45) is 4.99. The molecule has 0 aliphatic carbocycles. The average Bonchev–Trinajstić information content (AvgIpc) is 2.28. The number of rotatable bonds is 1. The number of hydrogen-bond acceptors (Lipinski definition) is 4. The molecule has 88 valence electrons. The third-order valence-corrected chi connectivity index (χ3v) is 2.60. The van der Waals surface area contributed by atoms with Gasteiger partial charge in [0.05, 0.1) is 11.9 Å². The Morgan fingerprint density at radius 1 is 1.06 bits per heavy atom. The molecule has 0 unspecified atom stereocenters. The van der Waals surface area contributed by atoms with Crippen LogP contribution in [-0.4, -0.2) is 19.9 Å². The van der Waals surface area contributed by atoms with Gasteiger partial charge < -0.3 is 0 Å². The van der Waals surface area contributed by atoms with Gasteiger partial charge in [-0.3, -0.25) is 9.97 Å². The highest BCUT2D eigenvalue weighted by atomic mass is 79.9. The van der Waals surface area contributed by atoms with Crippen molar-refractivity contribution in [2.75, 3.05) is 0 Å². The van der Waals surface area contributed by atoms with E-state index >= 15 is 0 Å². The van der Waals surface area contributed by atoms with Crippen molar-refractivity contribution >= 4 is 15.9 Å². The molecule has 0 spiro atoms. The highest BCUT2D eigenvalue weighted by Gasteiger charge is 2.19. The van der Waals surface area contributed by atoms with E-state index in [4.69, 9.17) is 0 Å². The van der Waals surface area contributed by atoms with Gasteiger partial charge in [-0.05, 0) is 22.0 Å². The van der Waals surface area contributed by atoms with Gasteiger partial charge in [0.15, 0.2) is 0 Å². The Bertz CT molecular complexity index is 520. The van der Waals surface area contributed by atoms with Gasteiger partial charge in [0, 0.05) is 17.8 Å². The van der Waals surface area contributed by atoms with Gasteiger partial charge in [0.25, 0.3) is 0 Å². The van der Waals surface area contributed by atoms with E-state index in [1.165, 1.54) is 0 Å². The third-order valence-electron chi connectivity index (χ3n) is 2.19. The Balaban J connectivity index is 2.54. The van der Waals surface area contributed by atoms with Crippen LogP contribution in [0.4, 0.5) is 0 Å². The first kappa shape index (κ1) is 12.1. The lowest BCUT2D eigenvalue weighted by Gasteiger charge is -2.17. The number of nitrogens with zero attached hydrogens (tertiary/aromatic N) is 4. The topological polar surface area (TPSA) is 51.6 Å². The lowest BCUT2D eigenvalue weighted by molar-refractivity contribution is 0.544. The van der Waals surface area contributed by atoms with Crippen molar-refractivity contribution < 1.29 is 0 Å². The smallest absolute Gasteiger partial charge is 0.135 e. The van der Waals surface area contributed by atoms with Gasteiger partial charge in [0.1, 0.15) is 16.1 Å². The Kier molecular flexibility index (Phi) is 3.19. The molecule has 0 aromatic carbocycles. The number of halogens is 1. The van der Waals surface area contributed by atoms with Crippen molar-refractivity contribution in [3.8, 4) is 11.4 Å². The van der Waals surface area contributed by atoms with E-state index in [1.807, 2.05) is 6.07 Å². The highest BCUT2D eigenvalue weighted by molar-refractivity contribution is 9.10. The fraction of sp³-hybridized carbons (Fsp3) is 0.333. The minimum atomic E-state index is -0.0965. The summed E-state index contributed by atoms with van der Waals surface area (Å²) in [5, 5.41) is 0. The van der Waals surface area contributed by atoms with Crippen molar-refractivity contribution in [1.82, 2.24) is 19.9 Å². The molecule has 0 atom stereocenters. The first-order chi connectivity index (χ1) is 7.97. The minimum absolute atomic E-state index is 0.0965. The monoisotopic (exact) mass is 292 g/mol. The maximum atomic E-state index is 4.53. The Morgan fingerprint density at radius 3 is 2.41 bits per heavy atom. The molecule has 0 radical (unpaired) electrons. The van der Waals surface area contributed by atoms with Crippen LogP contribution in [0.5, 0.6) is 0 Å². The molecule has 2 rings (SSSR count). The lowest BCUT2D eigenvalue weighted by atomic mass is 9.95. The highest BCUT2D eigenvalue weighted by Crippen LogP contribution is 2.24. The normalized spacial score (nSPS) is 11.5. The predicted octanol–water partition coefficient (Wildman–Crippen LogP) is 2.99. The molecule has 0 amide bonds. The quantitative estimate of drug-likeness (QED) is 0.758. The van der Waals surface area contributed by atoms with E-state index in [0.717, 1.165) is 21.8 Å². The molecule has 4 nitrogen and oxygen atoms in total. The molecule has 0 saturated carbocycles. The van der Waals surface area contributed by atoms with E-state index in [2.05, 4.69) is 56.6 Å². The second-order valence-corrected chi connectivity index (χ2v) is 5.55. The Labute approximate surface area is 109 Å². The van der Waals surface area contributed by atoms with Gasteiger partial charge in [-0.2, -0.15) is 0 Å². The molecule has 0 fully saturated rings. The maximum Gasteiger partial charge on any atom is 0.135 e. The standard InChI is InChI=1S/C12H13BrN4/c1-12(2,3)11-16-8(6-10(13)17-11)9-7-14-4-5-15-9/h4-7H,1-3H3. The molecule has 5 heteroatoms. The fourth-order valence-corrected chi connectivity index (χ4v) is 1.70. The van der Waals surface area contributed by atoms with Crippen LogP contribution < -0.4 is 0 Å². The fourth-order valence-electron chi connectivity index (χ4n) is 1.32. The van der Waals surface area contributed by atoms with Crippen LogP contribution in [0.1, 0.15) is 26.6 Å². The van der Waals surface area contributed by atoms with Gasteiger partial charge in [-0.1, -0.05) is 20.8 Å². The van der Waals surface area contributed by atoms with E-state index in [1.54, 1.807) is 18.6 Å². The van der Waals surface area contributed by atoms with Crippen LogP contribution in [0, 0.1) is 0 Å². The average molecular weight is 293 g/mol. The largest absolute Gasteiger partial charge is 0.261 e. The summed E-state index contributed by atoms with van der Waals surface area (Å²) in [6.45, 7) is 6.24. The van der Waals surface area contributed by atoms with Crippen LogP contribution in [0.15, 0.2) is 29.3 Å². The van der Waals surface area contributed by atoms with Crippen LogP contribution in [-0.2, 0) is 5.41 Å². The summed E-state index contributed by atoms with van der Waals surface area (Å²) in [7, 11) is 0. The maximum absolute atomic E-state index is 4.53. The zero-order chi connectivity index (χ0) is 12.5. The molecule has 0 bridgehead atoms. The molecule has 0 aliphatic rings. The van der Waals surface area contributed by atoms with Crippen LogP contribution in [0.2, 0.25) is 0 Å². The summed E-state index contributed by atoms with van der Waals surface area (Å²) >= 11 is 3.40. The van der Waals surface area contributed by atoms with Gasteiger partial charge in [0.2, 0.25) is 0 Å². The van der Waals surface area contributed by atoms with E-state index in [9.17, 15) is 0 Å². The first-order valence-corrected chi connectivity index (χ1v) is 6.07. The molecular formula is C12H13BrN4. The van der Waals surface area contributed by atoms with Crippen molar-refractivity contribution in [3.05, 3.63) is 35.1 Å². The van der Waals surface area contributed by atoms with Gasteiger partial charge in [-0.25, -0.2) is 9.97 Å².